The molecule has 0 aliphatic carbocycles. The van der Waals surface area contributed by atoms with Crippen LogP contribution in [0.25, 0.3) is 5.69 Å². The maximum absolute atomic E-state index is 12.9. The monoisotopic (exact) mass is 434 g/mol. The number of methoxy groups -OCH3 is 1. The third-order valence-corrected chi connectivity index (χ3v) is 5.44. The van der Waals surface area contributed by atoms with Crippen LogP contribution in [0, 0.1) is 0 Å². The Hall–Kier alpha value is -3.81. The Balaban J connectivity index is 1.60. The number of carbonyl (C=O) groups is 1. The number of esters is 1. The van der Waals surface area contributed by atoms with Crippen LogP contribution >= 0.6 is 0 Å². The van der Waals surface area contributed by atoms with Crippen LogP contribution in [0.1, 0.15) is 17.4 Å². The number of ether oxygens (including phenoxy) is 2. The number of carbonyl (C=O) groups excluding carboxylic acids is 1. The van der Waals surface area contributed by atoms with E-state index in [4.69, 9.17) is 9.47 Å². The Morgan fingerprint density at radius 3 is 2.22 bits per heavy atom. The van der Waals surface area contributed by atoms with Crippen LogP contribution in [0.15, 0.2) is 65.5 Å². The lowest BCUT2D eigenvalue weighted by Crippen LogP contribution is -2.47. The molecule has 8 heteroatoms. The van der Waals surface area contributed by atoms with Crippen molar-refractivity contribution >= 4 is 17.3 Å². The lowest BCUT2D eigenvalue weighted by atomic mass is 10.2. The third kappa shape index (κ3) is 4.44. The van der Waals surface area contributed by atoms with Crippen LogP contribution < -0.4 is 20.1 Å². The molecule has 1 fully saturated rings. The van der Waals surface area contributed by atoms with Gasteiger partial charge in [0.1, 0.15) is 5.75 Å². The first-order valence-electron chi connectivity index (χ1n) is 10.6. The molecule has 166 valence electrons. The van der Waals surface area contributed by atoms with Gasteiger partial charge in [-0.15, -0.1) is 0 Å². The summed E-state index contributed by atoms with van der Waals surface area (Å²) in [7, 11) is 1.65. The SMILES string of the molecule is CCOC(=O)c1nn(-c2ccccc2)c(=O)cc1N1CCN(c2ccc(OC)cc2)CC1. The van der Waals surface area contributed by atoms with Gasteiger partial charge in [-0.3, -0.25) is 4.79 Å². The van der Waals surface area contributed by atoms with Crippen LogP contribution in [0.3, 0.4) is 0 Å². The maximum Gasteiger partial charge on any atom is 0.360 e. The Morgan fingerprint density at radius 1 is 0.938 bits per heavy atom. The third-order valence-electron chi connectivity index (χ3n) is 5.44. The summed E-state index contributed by atoms with van der Waals surface area (Å²) in [5.41, 5.74) is 2.06. The van der Waals surface area contributed by atoms with Gasteiger partial charge in [-0.1, -0.05) is 18.2 Å². The average Bonchev–Trinajstić information content (AvgIpc) is 2.84. The maximum atomic E-state index is 12.9. The normalized spacial score (nSPS) is 13.7. The molecule has 32 heavy (non-hydrogen) atoms. The van der Waals surface area contributed by atoms with Gasteiger partial charge in [0, 0.05) is 37.9 Å². The van der Waals surface area contributed by atoms with Crippen molar-refractivity contribution in [2.75, 3.05) is 49.7 Å². The fourth-order valence-electron chi connectivity index (χ4n) is 3.79. The highest BCUT2D eigenvalue weighted by Crippen LogP contribution is 2.24. The zero-order chi connectivity index (χ0) is 22.5. The number of anilines is 2. The first kappa shape index (κ1) is 21.4. The van der Waals surface area contributed by atoms with Crippen molar-refractivity contribution in [3.05, 3.63) is 76.7 Å². The number of hydrogen-bond acceptors (Lipinski definition) is 7. The molecule has 1 aliphatic heterocycles. The molecular formula is C24H26N4O4. The molecule has 0 bridgehead atoms. The standard InChI is InChI=1S/C24H26N4O4/c1-3-32-24(30)23-21(17-22(29)28(25-23)19-7-5-4-6-8-19)27-15-13-26(14-16-27)18-9-11-20(31-2)12-10-18/h4-12,17H,3,13-16H2,1-2H3. The van der Waals surface area contributed by atoms with E-state index in [1.165, 1.54) is 10.7 Å². The zero-order valence-corrected chi connectivity index (χ0v) is 18.2. The number of para-hydroxylation sites is 1. The number of piperazine rings is 1. The summed E-state index contributed by atoms with van der Waals surface area (Å²) in [6, 6.07) is 18.5. The van der Waals surface area contributed by atoms with Gasteiger partial charge in [-0.2, -0.15) is 9.78 Å². The second-order valence-corrected chi connectivity index (χ2v) is 7.36. The number of hydrogen-bond donors (Lipinski definition) is 0. The van der Waals surface area contributed by atoms with E-state index in [2.05, 4.69) is 10.00 Å². The summed E-state index contributed by atoms with van der Waals surface area (Å²) < 4.78 is 11.7. The van der Waals surface area contributed by atoms with Gasteiger partial charge in [0.25, 0.3) is 5.56 Å². The Morgan fingerprint density at radius 2 is 1.59 bits per heavy atom. The minimum absolute atomic E-state index is 0.146. The predicted octanol–water partition coefficient (Wildman–Crippen LogP) is 2.74. The van der Waals surface area contributed by atoms with E-state index in [-0.39, 0.29) is 17.9 Å². The summed E-state index contributed by atoms with van der Waals surface area (Å²) in [4.78, 5) is 29.8. The number of nitrogens with zero attached hydrogens (tertiary/aromatic N) is 4. The number of benzene rings is 2. The smallest absolute Gasteiger partial charge is 0.360 e. The molecule has 1 aliphatic rings. The average molecular weight is 434 g/mol. The molecule has 1 saturated heterocycles. The topological polar surface area (TPSA) is 76.9 Å². The van der Waals surface area contributed by atoms with E-state index >= 15 is 0 Å². The summed E-state index contributed by atoms with van der Waals surface area (Å²) >= 11 is 0. The first-order chi connectivity index (χ1) is 15.6. The second kappa shape index (κ2) is 9.55. The fourth-order valence-corrected chi connectivity index (χ4v) is 3.79. The molecule has 4 rings (SSSR count). The van der Waals surface area contributed by atoms with Crippen molar-refractivity contribution in [2.24, 2.45) is 0 Å². The van der Waals surface area contributed by atoms with Crippen molar-refractivity contribution in [3.63, 3.8) is 0 Å². The molecule has 2 heterocycles. The van der Waals surface area contributed by atoms with Gasteiger partial charge in [-0.25, -0.2) is 4.79 Å². The molecule has 0 spiro atoms. The van der Waals surface area contributed by atoms with Crippen LogP contribution in [0.2, 0.25) is 0 Å². The number of aromatic nitrogens is 2. The van der Waals surface area contributed by atoms with E-state index < -0.39 is 5.97 Å². The van der Waals surface area contributed by atoms with Crippen LogP contribution in [-0.4, -0.2) is 55.6 Å². The summed E-state index contributed by atoms with van der Waals surface area (Å²) in [6.45, 7) is 4.77. The predicted molar refractivity (Wildman–Crippen MR) is 123 cm³/mol. The summed E-state index contributed by atoms with van der Waals surface area (Å²) in [5.74, 6) is 0.279. The van der Waals surface area contributed by atoms with Gasteiger partial charge in [-0.05, 0) is 43.3 Å². The molecular weight excluding hydrogens is 408 g/mol. The molecule has 3 aromatic rings. The minimum atomic E-state index is -0.537. The highest BCUT2D eigenvalue weighted by Gasteiger charge is 2.25. The Kier molecular flexibility index (Phi) is 6.39. The minimum Gasteiger partial charge on any atom is -0.497 e. The van der Waals surface area contributed by atoms with E-state index in [1.54, 1.807) is 26.2 Å². The van der Waals surface area contributed by atoms with Gasteiger partial charge in [0.2, 0.25) is 0 Å². The largest absolute Gasteiger partial charge is 0.497 e. The molecule has 0 amide bonds. The molecule has 8 nitrogen and oxygen atoms in total. The lowest BCUT2D eigenvalue weighted by molar-refractivity contribution is 0.0518. The lowest BCUT2D eigenvalue weighted by Gasteiger charge is -2.37. The van der Waals surface area contributed by atoms with Crippen molar-refractivity contribution in [1.82, 2.24) is 9.78 Å². The molecule has 1 aromatic heterocycles. The highest BCUT2D eigenvalue weighted by molar-refractivity contribution is 5.93. The Labute approximate surface area is 186 Å². The van der Waals surface area contributed by atoms with E-state index in [1.807, 2.05) is 47.4 Å². The second-order valence-electron chi connectivity index (χ2n) is 7.36. The highest BCUT2D eigenvalue weighted by atomic mass is 16.5. The van der Waals surface area contributed by atoms with Gasteiger partial charge >= 0.3 is 5.97 Å². The van der Waals surface area contributed by atoms with Gasteiger partial charge in [0.15, 0.2) is 5.69 Å². The summed E-state index contributed by atoms with van der Waals surface area (Å²) in [6.07, 6.45) is 0. The fraction of sp³-hybridized carbons (Fsp3) is 0.292. The van der Waals surface area contributed by atoms with E-state index in [0.717, 1.165) is 24.5 Å². The van der Waals surface area contributed by atoms with Gasteiger partial charge < -0.3 is 19.3 Å². The molecule has 0 saturated carbocycles. The molecule has 0 unspecified atom stereocenters. The molecule has 0 atom stereocenters. The molecule has 0 radical (unpaired) electrons. The summed E-state index contributed by atoms with van der Waals surface area (Å²) in [5, 5.41) is 4.39. The van der Waals surface area contributed by atoms with E-state index in [9.17, 15) is 9.59 Å². The van der Waals surface area contributed by atoms with Crippen molar-refractivity contribution in [1.29, 1.82) is 0 Å². The van der Waals surface area contributed by atoms with Crippen molar-refractivity contribution in [2.45, 2.75) is 6.92 Å². The zero-order valence-electron chi connectivity index (χ0n) is 18.2. The Bertz CT molecular complexity index is 1120. The van der Waals surface area contributed by atoms with Crippen LogP contribution in [0.5, 0.6) is 5.75 Å². The van der Waals surface area contributed by atoms with Crippen LogP contribution in [0.4, 0.5) is 11.4 Å². The number of rotatable bonds is 6. The van der Waals surface area contributed by atoms with E-state index in [0.29, 0.717) is 24.5 Å². The molecule has 2 aromatic carbocycles. The van der Waals surface area contributed by atoms with Crippen LogP contribution in [-0.2, 0) is 4.74 Å². The van der Waals surface area contributed by atoms with Crippen molar-refractivity contribution in [3.8, 4) is 11.4 Å². The quantitative estimate of drug-likeness (QED) is 0.552. The van der Waals surface area contributed by atoms with Gasteiger partial charge in [0.05, 0.1) is 25.1 Å². The molecule has 0 N–H and O–H groups in total. The van der Waals surface area contributed by atoms with Crippen molar-refractivity contribution < 1.29 is 14.3 Å². The first-order valence-corrected chi connectivity index (χ1v) is 10.6.